The highest BCUT2D eigenvalue weighted by Gasteiger charge is 2.20. The predicted molar refractivity (Wildman–Crippen MR) is 66.9 cm³/mol. The monoisotopic (exact) mass is 255 g/mol. The summed E-state index contributed by atoms with van der Waals surface area (Å²) in [5.74, 6) is -0.791. The van der Waals surface area contributed by atoms with E-state index >= 15 is 0 Å². The number of carbonyl (C=O) groups is 1. The molecule has 1 atom stereocenters. The molecule has 1 aromatic rings. The van der Waals surface area contributed by atoms with Gasteiger partial charge < -0.3 is 5.11 Å². The minimum atomic E-state index is -0.832. The first-order valence-corrected chi connectivity index (χ1v) is 6.58. The lowest BCUT2D eigenvalue weighted by molar-refractivity contribution is -0.140. The highest BCUT2D eigenvalue weighted by atomic mass is 32.2. The number of hydrogen-bond donors (Lipinski definition) is 2. The largest absolute Gasteiger partial charge is 0.480 e. The van der Waals surface area contributed by atoms with Crippen molar-refractivity contribution in [3.05, 3.63) is 18.0 Å². The average Bonchev–Trinajstić information content (AvgIpc) is 2.29. The van der Waals surface area contributed by atoms with Gasteiger partial charge in [0.15, 0.2) is 5.16 Å². The summed E-state index contributed by atoms with van der Waals surface area (Å²) in [5, 5.41) is 12.7. The molecule has 0 saturated carbocycles. The number of carboxylic acid groups (broad SMARTS) is 1. The number of nitrogens with one attached hydrogen (secondary N) is 1. The van der Waals surface area contributed by atoms with E-state index in [1.807, 2.05) is 20.1 Å². The maximum absolute atomic E-state index is 11.0. The highest BCUT2D eigenvalue weighted by Crippen LogP contribution is 2.08. The Morgan fingerprint density at radius 3 is 2.47 bits per heavy atom. The lowest BCUT2D eigenvalue weighted by Crippen LogP contribution is -2.40. The average molecular weight is 255 g/mol. The first-order valence-electron chi connectivity index (χ1n) is 5.35. The second kappa shape index (κ2) is 6.56. The van der Waals surface area contributed by atoms with Gasteiger partial charge in [-0.3, -0.25) is 10.1 Å². The van der Waals surface area contributed by atoms with E-state index in [2.05, 4.69) is 15.3 Å². The van der Waals surface area contributed by atoms with E-state index < -0.39 is 12.0 Å². The summed E-state index contributed by atoms with van der Waals surface area (Å²) in [6.45, 7) is 4.21. The quantitative estimate of drug-likeness (QED) is 0.591. The molecular formula is C11H17N3O2S. The first kappa shape index (κ1) is 13.9. The van der Waals surface area contributed by atoms with Crippen molar-refractivity contribution in [2.24, 2.45) is 5.92 Å². The van der Waals surface area contributed by atoms with Crippen molar-refractivity contribution in [2.75, 3.05) is 6.26 Å². The molecule has 5 nitrogen and oxygen atoms in total. The number of aromatic nitrogens is 2. The molecule has 0 aliphatic heterocycles. The van der Waals surface area contributed by atoms with Gasteiger partial charge in [0.1, 0.15) is 6.04 Å². The topological polar surface area (TPSA) is 75.1 Å². The first-order chi connectivity index (χ1) is 8.04. The van der Waals surface area contributed by atoms with Crippen molar-refractivity contribution < 1.29 is 9.90 Å². The molecule has 0 spiro atoms. The van der Waals surface area contributed by atoms with Crippen molar-refractivity contribution in [3.63, 3.8) is 0 Å². The van der Waals surface area contributed by atoms with E-state index in [4.69, 9.17) is 5.11 Å². The van der Waals surface area contributed by atoms with Gasteiger partial charge in [0.2, 0.25) is 0 Å². The smallest absolute Gasteiger partial charge is 0.320 e. The van der Waals surface area contributed by atoms with Crippen LogP contribution in [0.5, 0.6) is 0 Å². The number of hydrogen-bond acceptors (Lipinski definition) is 5. The minimum absolute atomic E-state index is 0.0406. The zero-order valence-corrected chi connectivity index (χ0v) is 11.0. The molecule has 1 unspecified atom stereocenters. The number of aliphatic carboxylic acids is 1. The second-order valence-corrected chi connectivity index (χ2v) is 4.79. The lowest BCUT2D eigenvalue weighted by atomic mass is 10.0. The van der Waals surface area contributed by atoms with Crippen LogP contribution in [0.3, 0.4) is 0 Å². The molecule has 1 heterocycles. The zero-order valence-electron chi connectivity index (χ0n) is 10.2. The highest BCUT2D eigenvalue weighted by molar-refractivity contribution is 7.98. The minimum Gasteiger partial charge on any atom is -0.480 e. The van der Waals surface area contributed by atoms with Crippen LogP contribution >= 0.6 is 11.8 Å². The molecule has 0 aromatic carbocycles. The van der Waals surface area contributed by atoms with E-state index in [0.717, 1.165) is 5.56 Å². The van der Waals surface area contributed by atoms with Crippen LogP contribution in [-0.4, -0.2) is 33.3 Å². The Morgan fingerprint density at radius 1 is 1.47 bits per heavy atom. The summed E-state index contributed by atoms with van der Waals surface area (Å²) in [5.41, 5.74) is 0.884. The van der Waals surface area contributed by atoms with E-state index in [-0.39, 0.29) is 5.92 Å². The molecule has 1 rings (SSSR count). The lowest BCUT2D eigenvalue weighted by Gasteiger charge is -2.17. The maximum Gasteiger partial charge on any atom is 0.320 e. The molecule has 0 radical (unpaired) electrons. The Labute approximate surface area is 105 Å². The van der Waals surface area contributed by atoms with Crippen LogP contribution in [0.25, 0.3) is 0 Å². The predicted octanol–water partition coefficient (Wildman–Crippen LogP) is 1.40. The SMILES string of the molecule is CSc1ncc(CNC(C(=O)O)C(C)C)cn1. The number of nitrogens with zero attached hydrogens (tertiary/aromatic N) is 2. The summed E-state index contributed by atoms with van der Waals surface area (Å²) in [6, 6.07) is -0.546. The summed E-state index contributed by atoms with van der Waals surface area (Å²) in [7, 11) is 0. The molecule has 0 amide bonds. The van der Waals surface area contributed by atoms with E-state index in [9.17, 15) is 4.79 Å². The van der Waals surface area contributed by atoms with Crippen molar-refractivity contribution in [3.8, 4) is 0 Å². The van der Waals surface area contributed by atoms with Gasteiger partial charge in [0.05, 0.1) is 0 Å². The molecule has 0 fully saturated rings. The Hall–Kier alpha value is -1.14. The van der Waals surface area contributed by atoms with Crippen LogP contribution in [-0.2, 0) is 11.3 Å². The van der Waals surface area contributed by atoms with Crippen molar-refractivity contribution in [1.29, 1.82) is 0 Å². The maximum atomic E-state index is 11.0. The Kier molecular flexibility index (Phi) is 5.37. The van der Waals surface area contributed by atoms with Crippen molar-refractivity contribution in [1.82, 2.24) is 15.3 Å². The van der Waals surface area contributed by atoms with Crippen LogP contribution in [0.4, 0.5) is 0 Å². The van der Waals surface area contributed by atoms with Gasteiger partial charge in [-0.25, -0.2) is 9.97 Å². The summed E-state index contributed by atoms with van der Waals surface area (Å²) in [4.78, 5) is 19.2. The van der Waals surface area contributed by atoms with Crippen LogP contribution in [0.15, 0.2) is 17.6 Å². The molecule has 0 aliphatic rings. The number of carboxylic acids is 1. The van der Waals surface area contributed by atoms with Gasteiger partial charge in [-0.2, -0.15) is 0 Å². The Balaban J connectivity index is 2.56. The van der Waals surface area contributed by atoms with Crippen LogP contribution in [0, 0.1) is 5.92 Å². The molecule has 94 valence electrons. The van der Waals surface area contributed by atoms with Gasteiger partial charge in [-0.1, -0.05) is 25.6 Å². The molecule has 0 bridgehead atoms. The fourth-order valence-electron chi connectivity index (χ4n) is 1.38. The fraction of sp³-hybridized carbons (Fsp3) is 0.545. The molecule has 1 aromatic heterocycles. The van der Waals surface area contributed by atoms with Crippen LogP contribution in [0.1, 0.15) is 19.4 Å². The third kappa shape index (κ3) is 4.32. The van der Waals surface area contributed by atoms with Crippen molar-refractivity contribution >= 4 is 17.7 Å². The summed E-state index contributed by atoms with van der Waals surface area (Å²) in [6.07, 6.45) is 5.34. The molecule has 2 N–H and O–H groups in total. The van der Waals surface area contributed by atoms with Crippen LogP contribution in [0.2, 0.25) is 0 Å². The molecule has 0 aliphatic carbocycles. The summed E-state index contributed by atoms with van der Waals surface area (Å²) >= 11 is 1.47. The van der Waals surface area contributed by atoms with Gasteiger partial charge >= 0.3 is 5.97 Å². The Morgan fingerprint density at radius 2 is 2.06 bits per heavy atom. The van der Waals surface area contributed by atoms with Crippen molar-refractivity contribution in [2.45, 2.75) is 31.6 Å². The molecule has 6 heteroatoms. The third-order valence-corrected chi connectivity index (χ3v) is 2.90. The standard InChI is InChI=1S/C11H17N3O2S/c1-7(2)9(10(15)16)12-4-8-5-13-11(17-3)14-6-8/h5-7,9,12H,4H2,1-3H3,(H,15,16). The van der Waals surface area contributed by atoms with Gasteiger partial charge in [0.25, 0.3) is 0 Å². The number of thioether (sulfide) groups is 1. The van der Waals surface area contributed by atoms with E-state index in [0.29, 0.717) is 11.7 Å². The van der Waals surface area contributed by atoms with E-state index in [1.54, 1.807) is 12.4 Å². The zero-order chi connectivity index (χ0) is 12.8. The van der Waals surface area contributed by atoms with E-state index in [1.165, 1.54) is 11.8 Å². The normalized spacial score (nSPS) is 12.7. The molecule has 0 saturated heterocycles. The second-order valence-electron chi connectivity index (χ2n) is 4.02. The fourth-order valence-corrected chi connectivity index (χ4v) is 1.69. The number of rotatable bonds is 6. The summed E-state index contributed by atoms with van der Waals surface area (Å²) < 4.78 is 0. The third-order valence-electron chi connectivity index (χ3n) is 2.32. The van der Waals surface area contributed by atoms with Gasteiger partial charge in [0, 0.05) is 24.5 Å². The molecular weight excluding hydrogens is 238 g/mol. The van der Waals surface area contributed by atoms with Gasteiger partial charge in [-0.05, 0) is 12.2 Å². The molecule has 17 heavy (non-hydrogen) atoms. The van der Waals surface area contributed by atoms with Gasteiger partial charge in [-0.15, -0.1) is 0 Å². The van der Waals surface area contributed by atoms with Crippen LogP contribution < -0.4 is 5.32 Å². The Bertz CT molecular complexity index is 367.